The first-order valence-electron chi connectivity index (χ1n) is 11.4. The first kappa shape index (κ1) is 23.1. The van der Waals surface area contributed by atoms with Gasteiger partial charge in [-0.25, -0.2) is 0 Å². The van der Waals surface area contributed by atoms with E-state index < -0.39 is 0 Å². The zero-order valence-corrected chi connectivity index (χ0v) is 20.2. The maximum absolute atomic E-state index is 13.0. The number of likely N-dealkylation sites (tertiary alicyclic amines) is 2. The molecule has 6 heteroatoms. The molecule has 172 valence electrons. The zero-order valence-electron chi connectivity index (χ0n) is 19.4. The van der Waals surface area contributed by atoms with Crippen molar-refractivity contribution >= 4 is 17.5 Å². The van der Waals surface area contributed by atoms with E-state index in [-0.39, 0.29) is 11.9 Å². The molecule has 2 heterocycles. The van der Waals surface area contributed by atoms with E-state index in [1.165, 1.54) is 16.7 Å². The van der Waals surface area contributed by atoms with Crippen molar-refractivity contribution in [2.75, 3.05) is 33.4 Å². The van der Waals surface area contributed by atoms with Gasteiger partial charge in [-0.3, -0.25) is 9.69 Å². The second-order valence-corrected chi connectivity index (χ2v) is 9.41. The number of carbonyl (C=O) groups is 1. The summed E-state index contributed by atoms with van der Waals surface area (Å²) < 4.78 is 11.1. The van der Waals surface area contributed by atoms with E-state index in [4.69, 9.17) is 21.1 Å². The van der Waals surface area contributed by atoms with Gasteiger partial charge < -0.3 is 14.4 Å². The third kappa shape index (κ3) is 4.52. The Balaban J connectivity index is 1.41. The number of nitrogens with zero attached hydrogens (tertiary/aromatic N) is 2. The van der Waals surface area contributed by atoms with Gasteiger partial charge in [-0.2, -0.15) is 0 Å². The minimum absolute atomic E-state index is 0.114. The van der Waals surface area contributed by atoms with Crippen LogP contribution >= 0.6 is 11.6 Å². The van der Waals surface area contributed by atoms with Gasteiger partial charge in [0, 0.05) is 61.9 Å². The standard InChI is InChI=1S/C26H33ClN2O3/c1-17-18(2)25(32-13-5-12-31-4)11-10-24(17)19(3)28-15-23-14-22(28)16-29(23)26(30)20-6-8-21(27)9-7-20/h6-11,19,22-23H,5,12-16H2,1-4H3/t19-,22+,23+/m0/s1. The fourth-order valence-corrected chi connectivity index (χ4v) is 5.29. The summed E-state index contributed by atoms with van der Waals surface area (Å²) in [5.74, 6) is 1.07. The van der Waals surface area contributed by atoms with Crippen molar-refractivity contribution in [3.8, 4) is 5.75 Å². The molecule has 0 N–H and O–H groups in total. The molecule has 2 saturated heterocycles. The van der Waals surface area contributed by atoms with Crippen LogP contribution in [0.1, 0.15) is 52.9 Å². The Bertz CT molecular complexity index is 962. The number of ether oxygens (including phenoxy) is 2. The number of benzene rings is 2. The number of hydrogen-bond donors (Lipinski definition) is 0. The Morgan fingerprint density at radius 1 is 1.06 bits per heavy atom. The van der Waals surface area contributed by atoms with Gasteiger partial charge in [-0.15, -0.1) is 0 Å². The van der Waals surface area contributed by atoms with Crippen molar-refractivity contribution < 1.29 is 14.3 Å². The first-order valence-corrected chi connectivity index (χ1v) is 11.8. The molecule has 32 heavy (non-hydrogen) atoms. The minimum atomic E-state index is 0.114. The first-order chi connectivity index (χ1) is 15.4. The third-order valence-corrected chi connectivity index (χ3v) is 7.36. The van der Waals surface area contributed by atoms with Crippen molar-refractivity contribution in [3.63, 3.8) is 0 Å². The predicted molar refractivity (Wildman–Crippen MR) is 128 cm³/mol. The molecular weight excluding hydrogens is 424 g/mol. The van der Waals surface area contributed by atoms with Crippen LogP contribution in [0.25, 0.3) is 0 Å². The van der Waals surface area contributed by atoms with Crippen LogP contribution in [0.3, 0.4) is 0 Å². The number of methoxy groups -OCH3 is 1. The van der Waals surface area contributed by atoms with Crippen LogP contribution in [0.15, 0.2) is 36.4 Å². The molecule has 0 aromatic heterocycles. The summed E-state index contributed by atoms with van der Waals surface area (Å²) in [6, 6.07) is 12.5. The highest BCUT2D eigenvalue weighted by Gasteiger charge is 2.47. The molecular formula is C26H33ClN2O3. The average Bonchev–Trinajstić information content (AvgIpc) is 3.40. The van der Waals surface area contributed by atoms with E-state index >= 15 is 0 Å². The summed E-state index contributed by atoms with van der Waals surface area (Å²) in [5, 5.41) is 0.654. The molecule has 2 aliphatic rings. The van der Waals surface area contributed by atoms with Gasteiger partial charge in [0.2, 0.25) is 0 Å². The number of halogens is 1. The normalized spacial score (nSPS) is 21.2. The average molecular weight is 457 g/mol. The Hall–Kier alpha value is -2.08. The molecule has 3 atom stereocenters. The van der Waals surface area contributed by atoms with Crippen LogP contribution in [-0.4, -0.2) is 61.2 Å². The molecule has 0 aliphatic carbocycles. The maximum Gasteiger partial charge on any atom is 0.254 e. The molecule has 0 saturated carbocycles. The Kier molecular flexibility index (Phi) is 7.08. The second kappa shape index (κ2) is 9.82. The van der Waals surface area contributed by atoms with Gasteiger partial charge in [-0.05, 0) is 74.2 Å². The lowest BCUT2D eigenvalue weighted by Gasteiger charge is -2.38. The van der Waals surface area contributed by atoms with Gasteiger partial charge >= 0.3 is 0 Å². The number of rotatable bonds is 8. The fraction of sp³-hybridized carbons (Fsp3) is 0.500. The summed E-state index contributed by atoms with van der Waals surface area (Å²) in [6.45, 7) is 9.69. The van der Waals surface area contributed by atoms with Crippen LogP contribution in [0.2, 0.25) is 5.02 Å². The fourth-order valence-electron chi connectivity index (χ4n) is 5.17. The topological polar surface area (TPSA) is 42.0 Å². The lowest BCUT2D eigenvalue weighted by molar-refractivity contribution is 0.0569. The lowest BCUT2D eigenvalue weighted by Crippen LogP contribution is -2.49. The third-order valence-electron chi connectivity index (χ3n) is 7.11. The molecule has 0 unspecified atom stereocenters. The molecule has 2 aromatic rings. The molecule has 2 aromatic carbocycles. The number of fused-ring (bicyclic) bond motifs is 2. The van der Waals surface area contributed by atoms with Crippen LogP contribution in [-0.2, 0) is 4.74 Å². The van der Waals surface area contributed by atoms with Crippen LogP contribution in [0.4, 0.5) is 0 Å². The Labute approximate surface area is 196 Å². The number of hydrogen-bond acceptors (Lipinski definition) is 4. The highest BCUT2D eigenvalue weighted by Crippen LogP contribution is 2.39. The summed E-state index contributed by atoms with van der Waals surface area (Å²) in [7, 11) is 1.71. The lowest BCUT2D eigenvalue weighted by atomic mass is 9.96. The minimum Gasteiger partial charge on any atom is -0.493 e. The molecule has 2 aliphatic heterocycles. The van der Waals surface area contributed by atoms with Gasteiger partial charge in [0.05, 0.1) is 6.61 Å². The molecule has 4 rings (SSSR count). The molecule has 2 fully saturated rings. The van der Waals surface area contributed by atoms with E-state index in [0.717, 1.165) is 31.7 Å². The quantitative estimate of drug-likeness (QED) is 0.522. The van der Waals surface area contributed by atoms with E-state index in [2.05, 4.69) is 37.8 Å². The van der Waals surface area contributed by atoms with Crippen molar-refractivity contribution in [1.29, 1.82) is 0 Å². The van der Waals surface area contributed by atoms with E-state index in [0.29, 0.717) is 35.9 Å². The molecule has 0 spiro atoms. The number of carbonyl (C=O) groups excluding carboxylic acids is 1. The van der Waals surface area contributed by atoms with Crippen LogP contribution in [0.5, 0.6) is 5.75 Å². The Morgan fingerprint density at radius 2 is 1.81 bits per heavy atom. The largest absolute Gasteiger partial charge is 0.493 e. The highest BCUT2D eigenvalue weighted by atomic mass is 35.5. The zero-order chi connectivity index (χ0) is 22.8. The molecule has 2 bridgehead atoms. The SMILES string of the molecule is COCCCOc1ccc([C@H](C)N2C[C@H]3C[C@@H]2CN3C(=O)c2ccc(Cl)cc2)c(C)c1C. The summed E-state index contributed by atoms with van der Waals surface area (Å²) in [4.78, 5) is 17.6. The van der Waals surface area contributed by atoms with E-state index in [9.17, 15) is 4.79 Å². The van der Waals surface area contributed by atoms with Crippen molar-refractivity contribution in [3.05, 3.63) is 63.7 Å². The van der Waals surface area contributed by atoms with Crippen molar-refractivity contribution in [1.82, 2.24) is 9.80 Å². The summed E-state index contributed by atoms with van der Waals surface area (Å²) in [5.41, 5.74) is 4.55. The van der Waals surface area contributed by atoms with E-state index in [1.807, 2.05) is 17.0 Å². The van der Waals surface area contributed by atoms with Crippen molar-refractivity contribution in [2.45, 2.75) is 51.7 Å². The maximum atomic E-state index is 13.0. The van der Waals surface area contributed by atoms with Crippen LogP contribution < -0.4 is 4.74 Å². The highest BCUT2D eigenvalue weighted by molar-refractivity contribution is 6.30. The second-order valence-electron chi connectivity index (χ2n) is 8.98. The van der Waals surface area contributed by atoms with Crippen molar-refractivity contribution in [2.24, 2.45) is 0 Å². The number of amides is 1. The molecule has 1 amide bonds. The predicted octanol–water partition coefficient (Wildman–Crippen LogP) is 5.03. The number of piperazine rings is 1. The summed E-state index contributed by atoms with van der Waals surface area (Å²) in [6.07, 6.45) is 1.93. The van der Waals surface area contributed by atoms with E-state index in [1.54, 1.807) is 19.2 Å². The van der Waals surface area contributed by atoms with Gasteiger partial charge in [-0.1, -0.05) is 17.7 Å². The van der Waals surface area contributed by atoms with Gasteiger partial charge in [0.25, 0.3) is 5.91 Å². The molecule has 5 nitrogen and oxygen atoms in total. The smallest absolute Gasteiger partial charge is 0.254 e. The van der Waals surface area contributed by atoms with Gasteiger partial charge in [0.1, 0.15) is 5.75 Å². The summed E-state index contributed by atoms with van der Waals surface area (Å²) >= 11 is 5.98. The Morgan fingerprint density at radius 3 is 2.47 bits per heavy atom. The van der Waals surface area contributed by atoms with Crippen LogP contribution in [0, 0.1) is 13.8 Å². The van der Waals surface area contributed by atoms with Gasteiger partial charge in [0.15, 0.2) is 0 Å². The molecule has 0 radical (unpaired) electrons. The monoisotopic (exact) mass is 456 g/mol.